The molecule has 0 aromatic heterocycles. The lowest BCUT2D eigenvalue weighted by molar-refractivity contribution is 0.102. The summed E-state index contributed by atoms with van der Waals surface area (Å²) >= 11 is 6.06. The molecule has 27 heavy (non-hydrogen) atoms. The van der Waals surface area contributed by atoms with Gasteiger partial charge in [0, 0.05) is 30.7 Å². The molecular weight excluding hydrogens is 386 g/mol. The molecule has 8 heteroatoms. The number of benzene rings is 2. The lowest BCUT2D eigenvalue weighted by atomic mass is 10.1. The predicted molar refractivity (Wildman–Crippen MR) is 108 cm³/mol. The summed E-state index contributed by atoms with van der Waals surface area (Å²) in [6.07, 6.45) is 1.70. The van der Waals surface area contributed by atoms with Gasteiger partial charge in [0.05, 0.1) is 16.3 Å². The maximum absolute atomic E-state index is 12.8. The topological polar surface area (TPSA) is 78.5 Å². The number of aryl methyl sites for hydroxylation is 1. The van der Waals surface area contributed by atoms with Gasteiger partial charge in [-0.2, -0.15) is 0 Å². The Kier molecular flexibility index (Phi) is 5.46. The smallest absolute Gasteiger partial charge is 0.256 e. The minimum atomic E-state index is -3.63. The van der Waals surface area contributed by atoms with E-state index in [4.69, 9.17) is 11.6 Å². The summed E-state index contributed by atoms with van der Waals surface area (Å²) in [5.41, 5.74) is 2.34. The molecule has 1 fully saturated rings. The van der Waals surface area contributed by atoms with Crippen LogP contribution in [0.25, 0.3) is 0 Å². The van der Waals surface area contributed by atoms with Crippen molar-refractivity contribution in [1.82, 2.24) is 4.72 Å². The molecule has 0 unspecified atom stereocenters. The van der Waals surface area contributed by atoms with E-state index >= 15 is 0 Å². The van der Waals surface area contributed by atoms with Crippen molar-refractivity contribution in [3.63, 3.8) is 0 Å². The number of sulfonamides is 1. The lowest BCUT2D eigenvalue weighted by Crippen LogP contribution is -2.26. The van der Waals surface area contributed by atoms with Gasteiger partial charge in [0.1, 0.15) is 0 Å². The first-order valence-electron chi connectivity index (χ1n) is 8.58. The van der Waals surface area contributed by atoms with Crippen molar-refractivity contribution in [2.45, 2.75) is 30.7 Å². The highest BCUT2D eigenvalue weighted by Crippen LogP contribution is 2.29. The van der Waals surface area contributed by atoms with Crippen LogP contribution in [0.15, 0.2) is 41.3 Å². The molecule has 0 aliphatic heterocycles. The zero-order valence-electron chi connectivity index (χ0n) is 15.4. The molecule has 2 N–H and O–H groups in total. The van der Waals surface area contributed by atoms with Crippen molar-refractivity contribution in [2.24, 2.45) is 0 Å². The van der Waals surface area contributed by atoms with Gasteiger partial charge in [0.2, 0.25) is 10.0 Å². The molecule has 0 atom stereocenters. The van der Waals surface area contributed by atoms with Gasteiger partial charge in [0.25, 0.3) is 5.91 Å². The molecule has 0 radical (unpaired) electrons. The van der Waals surface area contributed by atoms with Gasteiger partial charge >= 0.3 is 0 Å². The number of anilines is 2. The Bertz CT molecular complexity index is 986. The van der Waals surface area contributed by atoms with Crippen LogP contribution in [0.5, 0.6) is 0 Å². The Balaban J connectivity index is 1.91. The fourth-order valence-corrected chi connectivity index (χ4v) is 4.19. The molecule has 2 aromatic carbocycles. The van der Waals surface area contributed by atoms with Gasteiger partial charge < -0.3 is 10.2 Å². The Morgan fingerprint density at radius 2 is 1.85 bits per heavy atom. The normalized spacial score (nSPS) is 14.1. The van der Waals surface area contributed by atoms with Crippen LogP contribution in [0.2, 0.25) is 5.02 Å². The Morgan fingerprint density at radius 3 is 2.48 bits per heavy atom. The van der Waals surface area contributed by atoms with Crippen LogP contribution in [0.4, 0.5) is 11.4 Å². The van der Waals surface area contributed by atoms with Crippen LogP contribution in [0.3, 0.4) is 0 Å². The molecule has 1 aliphatic carbocycles. The second-order valence-corrected chi connectivity index (χ2v) is 9.03. The second-order valence-electron chi connectivity index (χ2n) is 6.88. The molecule has 0 bridgehead atoms. The van der Waals surface area contributed by atoms with Gasteiger partial charge in [-0.15, -0.1) is 0 Å². The van der Waals surface area contributed by atoms with Crippen molar-refractivity contribution >= 4 is 38.9 Å². The molecule has 3 rings (SSSR count). The largest absolute Gasteiger partial charge is 0.376 e. The van der Waals surface area contributed by atoms with Crippen molar-refractivity contribution < 1.29 is 13.2 Å². The first-order chi connectivity index (χ1) is 12.7. The summed E-state index contributed by atoms with van der Waals surface area (Å²) in [7, 11) is 0.0937. The SMILES string of the molecule is Cc1ccc(S(=O)(=O)NC2CC2)cc1C(=O)Nc1cc(Cl)ccc1N(C)C. The molecule has 2 aromatic rings. The molecule has 1 saturated carbocycles. The summed E-state index contributed by atoms with van der Waals surface area (Å²) in [6.45, 7) is 1.77. The highest BCUT2D eigenvalue weighted by atomic mass is 35.5. The van der Waals surface area contributed by atoms with Crippen molar-refractivity contribution in [3.05, 3.63) is 52.5 Å². The Hall–Kier alpha value is -2.09. The Labute approximate surface area is 164 Å². The van der Waals surface area contributed by atoms with Crippen molar-refractivity contribution in [2.75, 3.05) is 24.3 Å². The van der Waals surface area contributed by atoms with E-state index in [1.54, 1.807) is 25.1 Å². The number of halogens is 1. The molecular formula is C19H22ClN3O3S. The zero-order chi connectivity index (χ0) is 19.8. The van der Waals surface area contributed by atoms with Crippen LogP contribution in [-0.2, 0) is 10.0 Å². The van der Waals surface area contributed by atoms with Crippen molar-refractivity contribution in [3.8, 4) is 0 Å². The van der Waals surface area contributed by atoms with Gasteiger partial charge in [-0.05, 0) is 55.7 Å². The molecule has 1 amide bonds. The quantitative estimate of drug-likeness (QED) is 0.769. The van der Waals surface area contributed by atoms with E-state index in [9.17, 15) is 13.2 Å². The summed E-state index contributed by atoms with van der Waals surface area (Å²) in [5, 5.41) is 3.34. The number of carbonyl (C=O) groups is 1. The van der Waals surface area contributed by atoms with E-state index < -0.39 is 10.0 Å². The maximum atomic E-state index is 12.8. The molecule has 1 aliphatic rings. The number of nitrogens with one attached hydrogen (secondary N) is 2. The van der Waals surface area contributed by atoms with Crippen LogP contribution < -0.4 is 14.9 Å². The predicted octanol–water partition coefficient (Wildman–Crippen LogP) is 3.41. The highest BCUT2D eigenvalue weighted by Gasteiger charge is 2.28. The average Bonchev–Trinajstić information content (AvgIpc) is 3.38. The number of hydrogen-bond acceptors (Lipinski definition) is 4. The molecule has 0 spiro atoms. The maximum Gasteiger partial charge on any atom is 0.256 e. The minimum absolute atomic E-state index is 0.00249. The van der Waals surface area contributed by atoms with Gasteiger partial charge in [0.15, 0.2) is 0 Å². The number of amides is 1. The first kappa shape index (κ1) is 19.7. The third-order valence-electron chi connectivity index (χ3n) is 4.35. The van der Waals surface area contributed by atoms with E-state index in [1.165, 1.54) is 12.1 Å². The van der Waals surface area contributed by atoms with E-state index in [-0.39, 0.29) is 16.8 Å². The molecule has 0 heterocycles. The zero-order valence-corrected chi connectivity index (χ0v) is 17.0. The summed E-state index contributed by atoms with van der Waals surface area (Å²) in [6, 6.07) is 9.79. The standard InChI is InChI=1S/C19H22ClN3O3S/c1-12-4-8-15(27(25,26)22-14-6-7-14)11-16(12)19(24)21-17-10-13(20)5-9-18(17)23(2)3/h4-5,8-11,14,22H,6-7H2,1-3H3,(H,21,24). The molecule has 6 nitrogen and oxygen atoms in total. The second kappa shape index (κ2) is 7.50. The first-order valence-corrected chi connectivity index (χ1v) is 10.4. The average molecular weight is 408 g/mol. The van der Waals surface area contributed by atoms with Crippen molar-refractivity contribution in [1.29, 1.82) is 0 Å². The number of rotatable bonds is 6. The Morgan fingerprint density at radius 1 is 1.15 bits per heavy atom. The third kappa shape index (κ3) is 4.61. The van der Waals surface area contributed by atoms with Crippen LogP contribution in [-0.4, -0.2) is 34.5 Å². The van der Waals surface area contributed by atoms with E-state index in [0.29, 0.717) is 21.8 Å². The fourth-order valence-electron chi connectivity index (χ4n) is 2.69. The number of nitrogens with zero attached hydrogens (tertiary/aromatic N) is 1. The van der Waals surface area contributed by atoms with Crippen LogP contribution >= 0.6 is 11.6 Å². The summed E-state index contributed by atoms with van der Waals surface area (Å²) < 4.78 is 27.5. The van der Waals surface area contributed by atoms with Gasteiger partial charge in [-0.3, -0.25) is 4.79 Å². The van der Waals surface area contributed by atoms with Gasteiger partial charge in [-0.1, -0.05) is 17.7 Å². The van der Waals surface area contributed by atoms with E-state index in [2.05, 4.69) is 10.0 Å². The fraction of sp³-hybridized carbons (Fsp3) is 0.316. The van der Waals surface area contributed by atoms with Crippen LogP contribution in [0.1, 0.15) is 28.8 Å². The van der Waals surface area contributed by atoms with E-state index in [1.807, 2.05) is 25.1 Å². The van der Waals surface area contributed by atoms with E-state index in [0.717, 1.165) is 18.5 Å². The van der Waals surface area contributed by atoms with Crippen LogP contribution in [0, 0.1) is 6.92 Å². The minimum Gasteiger partial charge on any atom is -0.376 e. The number of carbonyl (C=O) groups excluding carboxylic acids is 1. The number of hydrogen-bond donors (Lipinski definition) is 2. The summed E-state index contributed by atoms with van der Waals surface area (Å²) in [4.78, 5) is 14.8. The third-order valence-corrected chi connectivity index (χ3v) is 6.11. The molecule has 0 saturated heterocycles. The summed E-state index contributed by atoms with van der Waals surface area (Å²) in [5.74, 6) is -0.388. The lowest BCUT2D eigenvalue weighted by Gasteiger charge is -2.19. The monoisotopic (exact) mass is 407 g/mol. The molecule has 144 valence electrons. The highest BCUT2D eigenvalue weighted by molar-refractivity contribution is 7.89. The van der Waals surface area contributed by atoms with Gasteiger partial charge in [-0.25, -0.2) is 13.1 Å².